The van der Waals surface area contributed by atoms with Crippen LogP contribution in [-0.2, 0) is 4.79 Å². The highest BCUT2D eigenvalue weighted by Gasteiger charge is 2.11. The van der Waals surface area contributed by atoms with Gasteiger partial charge in [0.1, 0.15) is 5.75 Å². The molecule has 3 rings (SSSR count). The predicted octanol–water partition coefficient (Wildman–Crippen LogP) is 4.67. The number of hydrogen-bond donors (Lipinski definition) is 0. The van der Waals surface area contributed by atoms with Crippen LogP contribution in [0.2, 0.25) is 0 Å². The Morgan fingerprint density at radius 3 is 2.57 bits per heavy atom. The Hall–Kier alpha value is -3.26. The molecular weight excluding hydrogens is 378 g/mol. The van der Waals surface area contributed by atoms with Crippen molar-refractivity contribution in [2.45, 2.75) is 13.8 Å². The molecular formula is C20H19N3O4S. The van der Waals surface area contributed by atoms with Gasteiger partial charge in [-0.1, -0.05) is 11.3 Å². The van der Waals surface area contributed by atoms with E-state index >= 15 is 0 Å². The van der Waals surface area contributed by atoms with E-state index in [-0.39, 0.29) is 5.69 Å². The maximum atomic E-state index is 12.1. The first-order valence-corrected chi connectivity index (χ1v) is 9.61. The van der Waals surface area contributed by atoms with Gasteiger partial charge >= 0.3 is 5.97 Å². The quantitative estimate of drug-likeness (QED) is 0.189. The van der Waals surface area contributed by atoms with Gasteiger partial charge < -0.3 is 9.64 Å². The minimum Gasteiger partial charge on any atom is -0.423 e. The van der Waals surface area contributed by atoms with E-state index in [0.29, 0.717) is 11.3 Å². The average Bonchev–Trinajstić information content (AvgIpc) is 3.10. The molecule has 2 aromatic carbocycles. The summed E-state index contributed by atoms with van der Waals surface area (Å²) < 4.78 is 6.31. The fourth-order valence-electron chi connectivity index (χ4n) is 2.61. The van der Waals surface area contributed by atoms with E-state index in [9.17, 15) is 14.9 Å². The number of esters is 1. The smallest absolute Gasteiger partial charge is 0.336 e. The molecule has 3 aromatic rings. The molecule has 0 atom stereocenters. The van der Waals surface area contributed by atoms with Crippen LogP contribution in [0.15, 0.2) is 48.5 Å². The van der Waals surface area contributed by atoms with Gasteiger partial charge in [0.05, 0.1) is 15.1 Å². The second-order valence-electron chi connectivity index (χ2n) is 5.90. The summed E-state index contributed by atoms with van der Waals surface area (Å²) in [7, 11) is 0. The highest BCUT2D eigenvalue weighted by Crippen LogP contribution is 2.31. The van der Waals surface area contributed by atoms with E-state index < -0.39 is 10.9 Å². The number of carbonyl (C=O) groups is 1. The molecule has 0 aliphatic rings. The van der Waals surface area contributed by atoms with Crippen LogP contribution in [0, 0.1) is 10.1 Å². The molecule has 0 fully saturated rings. The SMILES string of the molecule is CCN(CC)c1nc2ccc(OC(=O)C=Cc3ccc([N+](=O)[O-])cc3)cc2s1. The summed E-state index contributed by atoms with van der Waals surface area (Å²) in [5.74, 6) is -0.0771. The summed E-state index contributed by atoms with van der Waals surface area (Å²) in [4.78, 5) is 29.0. The van der Waals surface area contributed by atoms with Gasteiger partial charge in [0, 0.05) is 37.4 Å². The van der Waals surface area contributed by atoms with E-state index in [0.717, 1.165) is 28.4 Å². The van der Waals surface area contributed by atoms with E-state index in [1.54, 1.807) is 41.7 Å². The van der Waals surface area contributed by atoms with Crippen molar-refractivity contribution in [2.75, 3.05) is 18.0 Å². The third-order valence-corrected chi connectivity index (χ3v) is 5.20. The normalized spacial score (nSPS) is 11.1. The van der Waals surface area contributed by atoms with Crippen LogP contribution in [0.4, 0.5) is 10.8 Å². The van der Waals surface area contributed by atoms with E-state index in [4.69, 9.17) is 4.74 Å². The number of fused-ring (bicyclic) bond motifs is 1. The number of anilines is 1. The third kappa shape index (κ3) is 4.52. The number of rotatable bonds is 7. The molecule has 0 saturated carbocycles. The Morgan fingerprint density at radius 2 is 1.93 bits per heavy atom. The highest BCUT2D eigenvalue weighted by molar-refractivity contribution is 7.22. The number of aromatic nitrogens is 1. The standard InChI is InChI=1S/C20H19N3O4S/c1-3-22(4-2)20-21-17-11-10-16(13-18(17)28-20)27-19(24)12-7-14-5-8-15(9-6-14)23(25)26/h5-13H,3-4H2,1-2H3. The van der Waals surface area contributed by atoms with E-state index in [1.807, 2.05) is 6.07 Å². The number of thiazole rings is 1. The van der Waals surface area contributed by atoms with E-state index in [1.165, 1.54) is 18.2 Å². The van der Waals surface area contributed by atoms with Crippen molar-refractivity contribution in [1.82, 2.24) is 4.98 Å². The first-order valence-electron chi connectivity index (χ1n) is 8.80. The number of ether oxygens (including phenoxy) is 1. The molecule has 0 radical (unpaired) electrons. The van der Waals surface area contributed by atoms with Crippen LogP contribution in [0.1, 0.15) is 19.4 Å². The van der Waals surface area contributed by atoms with Crippen molar-refractivity contribution in [3.63, 3.8) is 0 Å². The minimum absolute atomic E-state index is 0.00154. The number of benzene rings is 2. The highest BCUT2D eigenvalue weighted by atomic mass is 32.1. The molecule has 0 spiro atoms. The van der Waals surface area contributed by atoms with Gasteiger partial charge in [-0.2, -0.15) is 0 Å². The lowest BCUT2D eigenvalue weighted by atomic mass is 10.2. The number of nitrogens with zero attached hydrogens (tertiary/aromatic N) is 3. The first-order chi connectivity index (χ1) is 13.5. The number of carbonyl (C=O) groups excluding carboxylic acids is 1. The van der Waals surface area contributed by atoms with Crippen molar-refractivity contribution in [3.8, 4) is 5.75 Å². The van der Waals surface area contributed by atoms with Crippen LogP contribution in [0.5, 0.6) is 5.75 Å². The number of nitro benzene ring substituents is 1. The second-order valence-corrected chi connectivity index (χ2v) is 6.91. The van der Waals surface area contributed by atoms with Crippen molar-refractivity contribution >= 4 is 44.4 Å². The van der Waals surface area contributed by atoms with Crippen LogP contribution in [0.25, 0.3) is 16.3 Å². The fraction of sp³-hybridized carbons (Fsp3) is 0.200. The van der Waals surface area contributed by atoms with E-state index in [2.05, 4.69) is 23.7 Å². The molecule has 0 aliphatic carbocycles. The Balaban J connectivity index is 1.69. The second kappa shape index (κ2) is 8.62. The molecule has 0 amide bonds. The van der Waals surface area contributed by atoms with Gasteiger partial charge in [0.2, 0.25) is 0 Å². The van der Waals surface area contributed by atoms with Gasteiger partial charge in [-0.3, -0.25) is 10.1 Å². The lowest BCUT2D eigenvalue weighted by molar-refractivity contribution is -0.384. The van der Waals surface area contributed by atoms with Crippen LogP contribution >= 0.6 is 11.3 Å². The minimum atomic E-state index is -0.522. The zero-order valence-corrected chi connectivity index (χ0v) is 16.3. The summed E-state index contributed by atoms with van der Waals surface area (Å²) in [5, 5.41) is 11.6. The lowest BCUT2D eigenvalue weighted by Gasteiger charge is -2.16. The molecule has 8 heteroatoms. The maximum absolute atomic E-state index is 12.1. The molecule has 1 aromatic heterocycles. The molecule has 0 saturated heterocycles. The number of nitro groups is 1. The summed E-state index contributed by atoms with van der Waals surface area (Å²) in [6.07, 6.45) is 2.84. The number of hydrogen-bond acceptors (Lipinski definition) is 7. The summed E-state index contributed by atoms with van der Waals surface area (Å²) in [6.45, 7) is 5.93. The predicted molar refractivity (Wildman–Crippen MR) is 111 cm³/mol. The Kier molecular flexibility index (Phi) is 6.00. The Labute approximate surface area is 166 Å². The number of non-ortho nitro benzene ring substituents is 1. The van der Waals surface area contributed by atoms with Crippen molar-refractivity contribution in [1.29, 1.82) is 0 Å². The van der Waals surface area contributed by atoms with Gasteiger partial charge in [0.25, 0.3) is 5.69 Å². The van der Waals surface area contributed by atoms with Crippen molar-refractivity contribution in [3.05, 3.63) is 64.2 Å². The summed E-state index contributed by atoms with van der Waals surface area (Å²) >= 11 is 1.56. The molecule has 1 heterocycles. The van der Waals surface area contributed by atoms with Crippen molar-refractivity contribution in [2.24, 2.45) is 0 Å². The van der Waals surface area contributed by atoms with Crippen LogP contribution < -0.4 is 9.64 Å². The van der Waals surface area contributed by atoms with Gasteiger partial charge in [-0.05, 0) is 49.8 Å². The van der Waals surface area contributed by atoms with Crippen molar-refractivity contribution < 1.29 is 14.5 Å². The molecule has 0 N–H and O–H groups in total. The average molecular weight is 397 g/mol. The summed E-state index contributed by atoms with van der Waals surface area (Å²) in [5.41, 5.74) is 1.54. The topological polar surface area (TPSA) is 85.6 Å². The van der Waals surface area contributed by atoms with Crippen LogP contribution in [-0.4, -0.2) is 29.0 Å². The maximum Gasteiger partial charge on any atom is 0.336 e. The monoisotopic (exact) mass is 397 g/mol. The zero-order valence-electron chi connectivity index (χ0n) is 15.5. The van der Waals surface area contributed by atoms with Gasteiger partial charge in [0.15, 0.2) is 5.13 Å². The largest absolute Gasteiger partial charge is 0.423 e. The molecule has 144 valence electrons. The van der Waals surface area contributed by atoms with Gasteiger partial charge in [-0.15, -0.1) is 0 Å². The Bertz CT molecular complexity index is 1020. The zero-order chi connectivity index (χ0) is 20.1. The molecule has 0 bridgehead atoms. The first kappa shape index (κ1) is 19.5. The molecule has 7 nitrogen and oxygen atoms in total. The van der Waals surface area contributed by atoms with Crippen LogP contribution in [0.3, 0.4) is 0 Å². The lowest BCUT2D eigenvalue weighted by Crippen LogP contribution is -2.21. The van der Waals surface area contributed by atoms with Gasteiger partial charge in [-0.25, -0.2) is 9.78 Å². The third-order valence-electron chi connectivity index (χ3n) is 4.12. The molecule has 0 unspecified atom stereocenters. The fourth-order valence-corrected chi connectivity index (χ4v) is 3.73. The molecule has 28 heavy (non-hydrogen) atoms. The summed E-state index contributed by atoms with van der Waals surface area (Å²) in [6, 6.07) is 11.3. The molecule has 0 aliphatic heterocycles. The Morgan fingerprint density at radius 1 is 1.21 bits per heavy atom.